The van der Waals surface area contributed by atoms with Gasteiger partial charge in [-0.3, -0.25) is 0 Å². The maximum Gasteiger partial charge on any atom is 0.0720 e. The molecule has 0 aliphatic heterocycles. The molecule has 1 heterocycles. The monoisotopic (exact) mass is 295 g/mol. The maximum absolute atomic E-state index is 4.74. The van der Waals surface area contributed by atoms with Gasteiger partial charge in [0.15, 0.2) is 0 Å². The zero-order valence-electron chi connectivity index (χ0n) is 10.7. The summed E-state index contributed by atoms with van der Waals surface area (Å²) >= 11 is 8.99. The number of nitrogens with zero attached hydrogens (tertiary/aromatic N) is 1. The van der Waals surface area contributed by atoms with Crippen LogP contribution in [-0.4, -0.2) is 4.98 Å². The summed E-state index contributed by atoms with van der Waals surface area (Å²) in [5.41, 5.74) is 3.91. The molecule has 3 aromatic rings. The molecule has 3 heteroatoms. The third-order valence-corrected chi connectivity index (χ3v) is 3.89. The van der Waals surface area contributed by atoms with Gasteiger partial charge in [-0.25, -0.2) is 4.98 Å². The van der Waals surface area contributed by atoms with Crippen LogP contribution in [0.2, 0.25) is 0 Å². The normalized spacial score (nSPS) is 10.5. The number of thiol groups is 2. The van der Waals surface area contributed by atoms with Gasteiger partial charge in [-0.15, -0.1) is 25.3 Å². The summed E-state index contributed by atoms with van der Waals surface area (Å²) in [6.45, 7) is 0. The fourth-order valence-corrected chi connectivity index (χ4v) is 2.67. The van der Waals surface area contributed by atoms with E-state index in [4.69, 9.17) is 4.98 Å². The highest BCUT2D eigenvalue weighted by Gasteiger charge is 2.07. The molecular weight excluding hydrogens is 282 g/mol. The molecular formula is C17H13NS2. The van der Waals surface area contributed by atoms with Gasteiger partial charge >= 0.3 is 0 Å². The van der Waals surface area contributed by atoms with Crippen molar-refractivity contribution in [1.29, 1.82) is 0 Å². The Bertz CT molecular complexity index is 692. The van der Waals surface area contributed by atoms with E-state index in [1.54, 1.807) is 0 Å². The van der Waals surface area contributed by atoms with E-state index in [0.717, 1.165) is 32.3 Å². The van der Waals surface area contributed by atoms with Crippen LogP contribution in [0.4, 0.5) is 0 Å². The Morgan fingerprint density at radius 3 is 1.45 bits per heavy atom. The van der Waals surface area contributed by atoms with Gasteiger partial charge in [0.25, 0.3) is 0 Å². The van der Waals surface area contributed by atoms with Gasteiger partial charge in [-0.2, -0.15) is 0 Å². The lowest BCUT2D eigenvalue weighted by atomic mass is 10.1. The largest absolute Gasteiger partial charge is 0.248 e. The van der Waals surface area contributed by atoms with Crippen molar-refractivity contribution in [2.45, 2.75) is 9.79 Å². The molecule has 98 valence electrons. The number of rotatable bonds is 2. The van der Waals surface area contributed by atoms with E-state index in [1.165, 1.54) is 0 Å². The van der Waals surface area contributed by atoms with Crippen molar-refractivity contribution in [1.82, 2.24) is 4.98 Å². The first-order valence-corrected chi connectivity index (χ1v) is 7.19. The number of hydrogen-bond acceptors (Lipinski definition) is 3. The molecule has 0 amide bonds. The highest BCUT2D eigenvalue weighted by Crippen LogP contribution is 2.29. The molecule has 1 nitrogen and oxygen atoms in total. The van der Waals surface area contributed by atoms with Crippen LogP contribution in [0.15, 0.2) is 76.5 Å². The first-order valence-electron chi connectivity index (χ1n) is 6.29. The van der Waals surface area contributed by atoms with Gasteiger partial charge in [0, 0.05) is 20.9 Å². The quantitative estimate of drug-likeness (QED) is 0.635. The molecule has 0 radical (unpaired) electrons. The zero-order valence-corrected chi connectivity index (χ0v) is 12.5. The summed E-state index contributed by atoms with van der Waals surface area (Å²) in [5.74, 6) is 0. The van der Waals surface area contributed by atoms with Crippen molar-refractivity contribution >= 4 is 25.3 Å². The third kappa shape index (κ3) is 2.60. The van der Waals surface area contributed by atoms with Crippen molar-refractivity contribution < 1.29 is 0 Å². The maximum atomic E-state index is 4.74. The lowest BCUT2D eigenvalue weighted by Gasteiger charge is -2.08. The van der Waals surface area contributed by atoms with Gasteiger partial charge in [0.2, 0.25) is 0 Å². The number of benzene rings is 2. The van der Waals surface area contributed by atoms with Crippen molar-refractivity contribution in [3.8, 4) is 22.5 Å². The molecule has 0 saturated heterocycles. The molecule has 0 atom stereocenters. The van der Waals surface area contributed by atoms with Crippen molar-refractivity contribution in [2.75, 3.05) is 0 Å². The Labute approximate surface area is 129 Å². The van der Waals surface area contributed by atoms with Crippen molar-refractivity contribution in [3.63, 3.8) is 0 Å². The minimum Gasteiger partial charge on any atom is -0.248 e. The Kier molecular flexibility index (Phi) is 3.81. The smallest absolute Gasteiger partial charge is 0.0720 e. The first kappa shape index (κ1) is 13.3. The summed E-state index contributed by atoms with van der Waals surface area (Å²) in [5, 5.41) is 0. The van der Waals surface area contributed by atoms with Gasteiger partial charge in [0.1, 0.15) is 0 Å². The number of hydrogen-bond donors (Lipinski definition) is 2. The van der Waals surface area contributed by atoms with E-state index < -0.39 is 0 Å². The molecule has 0 aliphatic carbocycles. The van der Waals surface area contributed by atoms with E-state index in [2.05, 4.69) is 25.3 Å². The van der Waals surface area contributed by atoms with Gasteiger partial charge in [0.05, 0.1) is 11.4 Å². The Balaban J connectivity index is 2.12. The molecule has 0 aliphatic rings. The van der Waals surface area contributed by atoms with Gasteiger partial charge < -0.3 is 0 Å². The fraction of sp³-hybridized carbons (Fsp3) is 0. The van der Waals surface area contributed by atoms with Crippen LogP contribution in [-0.2, 0) is 0 Å². The van der Waals surface area contributed by atoms with E-state index in [-0.39, 0.29) is 0 Å². The summed E-state index contributed by atoms with van der Waals surface area (Å²) in [6.07, 6.45) is 0. The molecule has 20 heavy (non-hydrogen) atoms. The van der Waals surface area contributed by atoms with Crippen LogP contribution < -0.4 is 0 Å². The topological polar surface area (TPSA) is 12.9 Å². The van der Waals surface area contributed by atoms with E-state index in [9.17, 15) is 0 Å². The first-order chi connectivity index (χ1) is 9.75. The summed E-state index contributed by atoms with van der Waals surface area (Å²) < 4.78 is 0. The Morgan fingerprint density at radius 1 is 0.550 bits per heavy atom. The molecule has 0 saturated carbocycles. The average molecular weight is 295 g/mol. The lowest BCUT2D eigenvalue weighted by Crippen LogP contribution is -1.89. The van der Waals surface area contributed by atoms with E-state index in [0.29, 0.717) is 0 Å². The third-order valence-electron chi connectivity index (χ3n) is 3.11. The van der Waals surface area contributed by atoms with Crippen LogP contribution >= 0.6 is 25.3 Å². The van der Waals surface area contributed by atoms with Crippen molar-refractivity contribution in [3.05, 3.63) is 66.7 Å². The predicted octanol–water partition coefficient (Wildman–Crippen LogP) is 4.99. The zero-order chi connectivity index (χ0) is 13.9. The highest BCUT2D eigenvalue weighted by atomic mass is 32.1. The Hall–Kier alpha value is -1.71. The molecule has 2 aromatic carbocycles. The standard InChI is InChI=1S/C17H13NS2/c19-16-10-3-1-6-12(16)14-8-5-9-15(18-14)13-7-2-4-11-17(13)20/h1-11,19-20H. The number of aromatic nitrogens is 1. The van der Waals surface area contributed by atoms with Crippen LogP contribution in [0.3, 0.4) is 0 Å². The van der Waals surface area contributed by atoms with Crippen LogP contribution in [0.1, 0.15) is 0 Å². The summed E-state index contributed by atoms with van der Waals surface area (Å²) in [7, 11) is 0. The SMILES string of the molecule is Sc1ccccc1-c1cccc(-c2ccccc2S)n1. The molecule has 1 aromatic heterocycles. The molecule has 0 N–H and O–H groups in total. The summed E-state index contributed by atoms with van der Waals surface area (Å²) in [4.78, 5) is 6.59. The summed E-state index contributed by atoms with van der Waals surface area (Å²) in [6, 6.07) is 21.9. The molecule has 3 rings (SSSR count). The second-order valence-electron chi connectivity index (χ2n) is 4.44. The van der Waals surface area contributed by atoms with Crippen molar-refractivity contribution in [2.24, 2.45) is 0 Å². The average Bonchev–Trinajstić information content (AvgIpc) is 2.48. The minimum atomic E-state index is 0.921. The molecule has 0 spiro atoms. The van der Waals surface area contributed by atoms with Gasteiger partial charge in [-0.05, 0) is 24.3 Å². The lowest BCUT2D eigenvalue weighted by molar-refractivity contribution is 1.28. The highest BCUT2D eigenvalue weighted by molar-refractivity contribution is 7.80. The molecule has 0 unspecified atom stereocenters. The van der Waals surface area contributed by atoms with Crippen LogP contribution in [0.25, 0.3) is 22.5 Å². The minimum absolute atomic E-state index is 0.921. The van der Waals surface area contributed by atoms with Crippen LogP contribution in [0.5, 0.6) is 0 Å². The van der Waals surface area contributed by atoms with Gasteiger partial charge in [-0.1, -0.05) is 42.5 Å². The predicted molar refractivity (Wildman–Crippen MR) is 89.6 cm³/mol. The fourth-order valence-electron chi connectivity index (χ4n) is 2.12. The van der Waals surface area contributed by atoms with E-state index in [1.807, 2.05) is 66.7 Å². The number of pyridine rings is 1. The second-order valence-corrected chi connectivity index (χ2v) is 5.41. The molecule has 0 bridgehead atoms. The van der Waals surface area contributed by atoms with Crippen LogP contribution in [0, 0.1) is 0 Å². The second kappa shape index (κ2) is 5.73. The van der Waals surface area contributed by atoms with E-state index >= 15 is 0 Å². The Morgan fingerprint density at radius 2 is 1.00 bits per heavy atom. The molecule has 0 fully saturated rings.